The van der Waals surface area contributed by atoms with Crippen LogP contribution in [0.5, 0.6) is 11.5 Å². The number of nitrogens with zero attached hydrogens (tertiary/aromatic N) is 4. The molecule has 0 saturated carbocycles. The van der Waals surface area contributed by atoms with Gasteiger partial charge in [-0.25, -0.2) is 0 Å². The molecule has 3 aliphatic rings. The molecule has 0 unspecified atom stereocenters. The molecule has 138 valence electrons. The molecule has 1 aromatic heterocycles. The van der Waals surface area contributed by atoms with Gasteiger partial charge in [0.1, 0.15) is 11.9 Å². The Balaban J connectivity index is 1.31. The maximum atomic E-state index is 6.44. The Labute approximate surface area is 156 Å². The van der Waals surface area contributed by atoms with Crippen molar-refractivity contribution >= 4 is 11.6 Å². The normalized spacial score (nSPS) is 22.4. The Morgan fingerprint density at radius 1 is 1.12 bits per heavy atom. The summed E-state index contributed by atoms with van der Waals surface area (Å²) in [7, 11) is 0. The van der Waals surface area contributed by atoms with Gasteiger partial charge in [-0.3, -0.25) is 4.90 Å². The van der Waals surface area contributed by atoms with E-state index in [1.54, 1.807) is 0 Å². The summed E-state index contributed by atoms with van der Waals surface area (Å²) in [6.45, 7) is 4.59. The molecule has 0 amide bonds. The average molecular weight is 377 g/mol. The zero-order chi connectivity index (χ0) is 17.5. The van der Waals surface area contributed by atoms with Gasteiger partial charge in [-0.15, -0.1) is 10.2 Å². The fourth-order valence-electron chi connectivity index (χ4n) is 3.89. The third-order valence-electron chi connectivity index (χ3n) is 5.30. The standard InChI is InChI=1S/C18H21ClN4O3/c19-13-9-16-15(25-11-26-16)8-12(13)10-22-4-3-17-20-21-18(23(17)6-5-22)14-2-1-7-24-14/h8-9,14H,1-7,10-11H2/t14-/m0/s1. The number of benzene rings is 1. The average Bonchev–Trinajstić information content (AvgIpc) is 3.36. The van der Waals surface area contributed by atoms with Crippen molar-refractivity contribution < 1.29 is 14.2 Å². The summed E-state index contributed by atoms with van der Waals surface area (Å²) in [5.74, 6) is 3.54. The first-order chi connectivity index (χ1) is 12.8. The topological polar surface area (TPSA) is 61.6 Å². The molecule has 4 heterocycles. The highest BCUT2D eigenvalue weighted by Gasteiger charge is 2.27. The number of rotatable bonds is 3. The summed E-state index contributed by atoms with van der Waals surface area (Å²) >= 11 is 6.44. The zero-order valence-electron chi connectivity index (χ0n) is 14.5. The van der Waals surface area contributed by atoms with Gasteiger partial charge < -0.3 is 18.8 Å². The molecule has 0 spiro atoms. The van der Waals surface area contributed by atoms with Crippen molar-refractivity contribution in [1.29, 1.82) is 0 Å². The van der Waals surface area contributed by atoms with E-state index in [0.29, 0.717) is 0 Å². The lowest BCUT2D eigenvalue weighted by Gasteiger charge is -2.20. The van der Waals surface area contributed by atoms with Crippen molar-refractivity contribution in [3.63, 3.8) is 0 Å². The van der Waals surface area contributed by atoms with E-state index in [9.17, 15) is 0 Å². The number of hydrogen-bond acceptors (Lipinski definition) is 6. The molecular weight excluding hydrogens is 356 g/mol. The van der Waals surface area contributed by atoms with Gasteiger partial charge >= 0.3 is 0 Å². The number of fused-ring (bicyclic) bond motifs is 2. The third kappa shape index (κ3) is 2.94. The van der Waals surface area contributed by atoms with Crippen LogP contribution in [0.2, 0.25) is 5.02 Å². The number of ether oxygens (including phenoxy) is 3. The minimum absolute atomic E-state index is 0.103. The molecule has 1 fully saturated rings. The quantitative estimate of drug-likeness (QED) is 0.820. The zero-order valence-corrected chi connectivity index (χ0v) is 15.2. The van der Waals surface area contributed by atoms with E-state index < -0.39 is 0 Å². The van der Waals surface area contributed by atoms with Crippen LogP contribution >= 0.6 is 11.6 Å². The molecule has 5 rings (SSSR count). The second-order valence-corrected chi connectivity index (χ2v) is 7.36. The molecule has 0 radical (unpaired) electrons. The van der Waals surface area contributed by atoms with Crippen LogP contribution in [0.3, 0.4) is 0 Å². The van der Waals surface area contributed by atoms with E-state index in [1.807, 2.05) is 12.1 Å². The summed E-state index contributed by atoms with van der Waals surface area (Å²) in [5, 5.41) is 9.53. The Bertz CT molecular complexity index is 819. The van der Waals surface area contributed by atoms with Crippen LogP contribution in [0.1, 0.15) is 36.2 Å². The van der Waals surface area contributed by atoms with Crippen LogP contribution in [0.25, 0.3) is 0 Å². The van der Waals surface area contributed by atoms with Crippen molar-refractivity contribution in [2.75, 3.05) is 26.5 Å². The van der Waals surface area contributed by atoms with Crippen molar-refractivity contribution in [3.05, 3.63) is 34.4 Å². The first-order valence-electron chi connectivity index (χ1n) is 9.12. The van der Waals surface area contributed by atoms with Crippen molar-refractivity contribution in [1.82, 2.24) is 19.7 Å². The Kier molecular flexibility index (Phi) is 4.23. The van der Waals surface area contributed by atoms with Gasteiger partial charge in [-0.2, -0.15) is 0 Å². The summed E-state index contributed by atoms with van der Waals surface area (Å²) < 4.78 is 18.9. The summed E-state index contributed by atoms with van der Waals surface area (Å²) in [4.78, 5) is 2.40. The van der Waals surface area contributed by atoms with Crippen LogP contribution < -0.4 is 9.47 Å². The molecule has 0 N–H and O–H groups in total. The lowest BCUT2D eigenvalue weighted by molar-refractivity contribution is 0.101. The maximum absolute atomic E-state index is 6.44. The highest BCUT2D eigenvalue weighted by molar-refractivity contribution is 6.31. The van der Waals surface area contributed by atoms with Crippen LogP contribution in [0.4, 0.5) is 0 Å². The van der Waals surface area contributed by atoms with Crippen molar-refractivity contribution in [2.24, 2.45) is 0 Å². The maximum Gasteiger partial charge on any atom is 0.231 e. The summed E-state index contributed by atoms with van der Waals surface area (Å²) in [6, 6.07) is 3.84. The SMILES string of the molecule is Clc1cc2c(cc1CN1CCc3nnc([C@@H]4CCCO4)n3CC1)OCO2. The molecule has 8 heteroatoms. The smallest absolute Gasteiger partial charge is 0.231 e. The molecule has 7 nitrogen and oxygen atoms in total. The van der Waals surface area contributed by atoms with Gasteiger partial charge in [0.25, 0.3) is 0 Å². The third-order valence-corrected chi connectivity index (χ3v) is 5.65. The van der Waals surface area contributed by atoms with Gasteiger partial charge in [0.05, 0.1) is 0 Å². The largest absolute Gasteiger partial charge is 0.454 e. The molecule has 3 aliphatic heterocycles. The predicted molar refractivity (Wildman–Crippen MR) is 94.5 cm³/mol. The Hall–Kier alpha value is -1.83. The van der Waals surface area contributed by atoms with E-state index in [4.69, 9.17) is 25.8 Å². The second kappa shape index (κ2) is 6.72. The first kappa shape index (κ1) is 16.4. The molecule has 1 aromatic carbocycles. The van der Waals surface area contributed by atoms with Crippen LogP contribution in [0, 0.1) is 0 Å². The minimum Gasteiger partial charge on any atom is -0.454 e. The van der Waals surface area contributed by atoms with Gasteiger partial charge in [-0.1, -0.05) is 11.6 Å². The lowest BCUT2D eigenvalue weighted by atomic mass is 10.2. The summed E-state index contributed by atoms with van der Waals surface area (Å²) in [5.41, 5.74) is 1.06. The molecule has 0 bridgehead atoms. The Morgan fingerprint density at radius 2 is 2.00 bits per heavy atom. The fourth-order valence-corrected chi connectivity index (χ4v) is 4.10. The van der Waals surface area contributed by atoms with Crippen LogP contribution in [-0.4, -0.2) is 46.2 Å². The molecule has 1 saturated heterocycles. The molecule has 1 atom stereocenters. The van der Waals surface area contributed by atoms with Gasteiger partial charge in [0.15, 0.2) is 17.3 Å². The predicted octanol–water partition coefficient (Wildman–Crippen LogP) is 2.57. The van der Waals surface area contributed by atoms with Crippen LogP contribution in [0.15, 0.2) is 12.1 Å². The Morgan fingerprint density at radius 3 is 2.85 bits per heavy atom. The number of hydrogen-bond donors (Lipinski definition) is 0. The number of aromatic nitrogens is 3. The fraction of sp³-hybridized carbons (Fsp3) is 0.556. The van der Waals surface area contributed by atoms with Gasteiger partial charge in [0, 0.05) is 50.3 Å². The van der Waals surface area contributed by atoms with Crippen LogP contribution in [-0.2, 0) is 24.2 Å². The lowest BCUT2D eigenvalue weighted by Crippen LogP contribution is -2.27. The highest BCUT2D eigenvalue weighted by Crippen LogP contribution is 2.37. The minimum atomic E-state index is 0.103. The van der Waals surface area contributed by atoms with E-state index in [2.05, 4.69) is 19.7 Å². The molecule has 0 aliphatic carbocycles. The molecule has 2 aromatic rings. The first-order valence-corrected chi connectivity index (χ1v) is 9.49. The molecular formula is C18H21ClN4O3. The van der Waals surface area contributed by atoms with E-state index in [-0.39, 0.29) is 12.9 Å². The second-order valence-electron chi connectivity index (χ2n) is 6.95. The van der Waals surface area contributed by atoms with E-state index in [1.165, 1.54) is 0 Å². The number of halogens is 1. The summed E-state index contributed by atoms with van der Waals surface area (Å²) in [6.07, 6.45) is 3.11. The van der Waals surface area contributed by atoms with E-state index in [0.717, 1.165) is 85.8 Å². The van der Waals surface area contributed by atoms with Gasteiger partial charge in [0.2, 0.25) is 6.79 Å². The molecule has 26 heavy (non-hydrogen) atoms. The van der Waals surface area contributed by atoms with Crippen molar-refractivity contribution in [3.8, 4) is 11.5 Å². The van der Waals surface area contributed by atoms with Crippen molar-refractivity contribution in [2.45, 2.75) is 38.5 Å². The van der Waals surface area contributed by atoms with Gasteiger partial charge in [-0.05, 0) is 24.5 Å². The highest BCUT2D eigenvalue weighted by atomic mass is 35.5. The van der Waals surface area contributed by atoms with E-state index >= 15 is 0 Å². The monoisotopic (exact) mass is 376 g/mol.